The number of nitrogens with one attached hydrogen (secondary N) is 2. The Morgan fingerprint density at radius 2 is 2.00 bits per heavy atom. The first kappa shape index (κ1) is 16.6. The second-order valence-electron chi connectivity index (χ2n) is 4.88. The molecule has 1 aromatic carbocycles. The lowest BCUT2D eigenvalue weighted by molar-refractivity contribution is -0.114. The summed E-state index contributed by atoms with van der Waals surface area (Å²) in [5, 5.41) is 12.2. The lowest BCUT2D eigenvalue weighted by atomic mass is 10.2. The smallest absolute Gasteiger partial charge is 0.275 e. The van der Waals surface area contributed by atoms with E-state index in [0.717, 1.165) is 10.6 Å². The first-order valence-corrected chi connectivity index (χ1v) is 9.09. The highest BCUT2D eigenvalue weighted by molar-refractivity contribution is 7.14. The topological polar surface area (TPSA) is 71.1 Å². The first-order chi connectivity index (χ1) is 11.5. The Morgan fingerprint density at radius 1 is 1.17 bits per heavy atom. The van der Waals surface area contributed by atoms with Crippen LogP contribution < -0.4 is 10.6 Å². The minimum Gasteiger partial charge on any atom is -0.325 e. The van der Waals surface area contributed by atoms with Crippen LogP contribution in [0.25, 0.3) is 10.6 Å². The van der Waals surface area contributed by atoms with Gasteiger partial charge < -0.3 is 10.6 Å². The molecular weight excluding hydrogens is 366 g/mol. The van der Waals surface area contributed by atoms with E-state index in [-0.39, 0.29) is 11.8 Å². The van der Waals surface area contributed by atoms with Crippen LogP contribution >= 0.6 is 34.3 Å². The summed E-state index contributed by atoms with van der Waals surface area (Å²) >= 11 is 9.10. The van der Waals surface area contributed by atoms with Gasteiger partial charge in [-0.1, -0.05) is 11.6 Å². The van der Waals surface area contributed by atoms with Gasteiger partial charge in [-0.3, -0.25) is 9.59 Å². The van der Waals surface area contributed by atoms with Gasteiger partial charge in [0, 0.05) is 28.9 Å². The number of halogens is 1. The molecule has 2 N–H and O–H groups in total. The third kappa shape index (κ3) is 3.81. The number of amides is 2. The third-order valence-electron chi connectivity index (χ3n) is 3.04. The van der Waals surface area contributed by atoms with E-state index in [9.17, 15) is 9.59 Å². The Bertz CT molecular complexity index is 891. The van der Waals surface area contributed by atoms with Crippen molar-refractivity contribution in [2.24, 2.45) is 0 Å². The summed E-state index contributed by atoms with van der Waals surface area (Å²) in [6.45, 7) is 1.40. The molecule has 0 aliphatic carbocycles. The maximum atomic E-state index is 12.3. The number of rotatable bonds is 4. The van der Waals surface area contributed by atoms with Crippen molar-refractivity contribution in [1.29, 1.82) is 0 Å². The molecule has 0 spiro atoms. The normalized spacial score (nSPS) is 10.4. The van der Waals surface area contributed by atoms with Crippen molar-refractivity contribution in [3.8, 4) is 10.6 Å². The molecule has 5 nitrogen and oxygen atoms in total. The van der Waals surface area contributed by atoms with Gasteiger partial charge in [0.25, 0.3) is 5.91 Å². The maximum Gasteiger partial charge on any atom is 0.275 e. The van der Waals surface area contributed by atoms with E-state index in [1.165, 1.54) is 18.3 Å². The van der Waals surface area contributed by atoms with Crippen molar-refractivity contribution in [3.05, 3.63) is 51.1 Å². The van der Waals surface area contributed by atoms with Crippen molar-refractivity contribution >= 4 is 57.5 Å². The predicted molar refractivity (Wildman–Crippen MR) is 99.1 cm³/mol. The van der Waals surface area contributed by atoms with E-state index in [1.54, 1.807) is 34.9 Å². The van der Waals surface area contributed by atoms with E-state index >= 15 is 0 Å². The van der Waals surface area contributed by atoms with E-state index in [1.807, 2.05) is 16.8 Å². The Morgan fingerprint density at radius 3 is 2.67 bits per heavy atom. The molecule has 0 saturated carbocycles. The van der Waals surface area contributed by atoms with Gasteiger partial charge >= 0.3 is 0 Å². The molecule has 2 amide bonds. The standard InChI is InChI=1S/C16H12ClN3O2S2/c1-9(21)18-13-3-2-11(6-12(13)17)19-15(22)14-8-24-16(20-14)10-4-5-23-7-10/h2-8H,1H3,(H,18,21)(H,19,22). The second kappa shape index (κ2) is 7.12. The zero-order valence-corrected chi connectivity index (χ0v) is 14.9. The molecule has 0 aliphatic rings. The third-order valence-corrected chi connectivity index (χ3v) is 4.93. The van der Waals surface area contributed by atoms with E-state index < -0.39 is 0 Å². The van der Waals surface area contributed by atoms with Crippen LogP contribution in [0.15, 0.2) is 40.4 Å². The molecule has 0 unspecified atom stereocenters. The number of aromatic nitrogens is 1. The van der Waals surface area contributed by atoms with Crippen LogP contribution in [0.3, 0.4) is 0 Å². The molecule has 2 aromatic heterocycles. The fourth-order valence-electron chi connectivity index (χ4n) is 1.98. The van der Waals surface area contributed by atoms with E-state index in [0.29, 0.717) is 22.1 Å². The Labute approximate surface area is 151 Å². The Balaban J connectivity index is 1.73. The monoisotopic (exact) mass is 377 g/mol. The van der Waals surface area contributed by atoms with Crippen LogP contribution in [-0.4, -0.2) is 16.8 Å². The molecule has 0 aliphatic heterocycles. The number of carbonyl (C=O) groups excluding carboxylic acids is 2. The van der Waals surface area contributed by atoms with Gasteiger partial charge in [0.15, 0.2) is 0 Å². The summed E-state index contributed by atoms with van der Waals surface area (Å²) in [6.07, 6.45) is 0. The zero-order valence-electron chi connectivity index (χ0n) is 12.5. The molecule has 8 heteroatoms. The van der Waals surface area contributed by atoms with Gasteiger partial charge in [-0.15, -0.1) is 11.3 Å². The SMILES string of the molecule is CC(=O)Nc1ccc(NC(=O)c2csc(-c3ccsc3)n2)cc1Cl. The second-order valence-corrected chi connectivity index (χ2v) is 6.93. The molecule has 2 heterocycles. The Kier molecular flexibility index (Phi) is 4.94. The predicted octanol–water partition coefficient (Wildman–Crippen LogP) is 4.74. The van der Waals surface area contributed by atoms with E-state index in [4.69, 9.17) is 11.6 Å². The summed E-state index contributed by atoms with van der Waals surface area (Å²) in [5.41, 5.74) is 2.38. The van der Waals surface area contributed by atoms with Crippen molar-refractivity contribution in [2.75, 3.05) is 10.6 Å². The summed E-state index contributed by atoms with van der Waals surface area (Å²) < 4.78 is 0. The number of hydrogen-bond acceptors (Lipinski definition) is 5. The summed E-state index contributed by atoms with van der Waals surface area (Å²) in [5.74, 6) is -0.520. The summed E-state index contributed by atoms with van der Waals surface area (Å²) in [4.78, 5) is 27.7. The molecule has 122 valence electrons. The van der Waals surface area contributed by atoms with Gasteiger partial charge in [0.2, 0.25) is 5.91 Å². The minimum atomic E-state index is -0.309. The van der Waals surface area contributed by atoms with Gasteiger partial charge in [-0.25, -0.2) is 4.98 Å². The number of thiazole rings is 1. The first-order valence-electron chi connectivity index (χ1n) is 6.89. The van der Waals surface area contributed by atoms with Crippen molar-refractivity contribution in [3.63, 3.8) is 0 Å². The zero-order chi connectivity index (χ0) is 17.1. The van der Waals surface area contributed by atoms with Gasteiger partial charge in [-0.2, -0.15) is 11.3 Å². The quantitative estimate of drug-likeness (QED) is 0.690. The fourth-order valence-corrected chi connectivity index (χ4v) is 3.72. The van der Waals surface area contributed by atoms with Crippen LogP contribution in [0.2, 0.25) is 5.02 Å². The Hall–Kier alpha value is -2.22. The van der Waals surface area contributed by atoms with Crippen LogP contribution in [0.1, 0.15) is 17.4 Å². The van der Waals surface area contributed by atoms with Crippen LogP contribution in [0.5, 0.6) is 0 Å². The van der Waals surface area contributed by atoms with Crippen LogP contribution in [0.4, 0.5) is 11.4 Å². The molecule has 0 atom stereocenters. The van der Waals surface area contributed by atoms with Crippen molar-refractivity contribution < 1.29 is 9.59 Å². The average Bonchev–Trinajstić information content (AvgIpc) is 3.19. The number of benzene rings is 1. The fraction of sp³-hybridized carbons (Fsp3) is 0.0625. The summed E-state index contributed by atoms with van der Waals surface area (Å²) in [6, 6.07) is 6.85. The highest BCUT2D eigenvalue weighted by Gasteiger charge is 2.13. The molecule has 3 aromatic rings. The maximum absolute atomic E-state index is 12.3. The van der Waals surface area contributed by atoms with Gasteiger partial charge in [0.05, 0.1) is 10.7 Å². The van der Waals surface area contributed by atoms with Crippen LogP contribution in [0, 0.1) is 0 Å². The molecule has 0 saturated heterocycles. The molecule has 0 radical (unpaired) electrons. The average molecular weight is 378 g/mol. The number of thiophene rings is 1. The molecule has 0 fully saturated rings. The van der Waals surface area contributed by atoms with Gasteiger partial charge in [-0.05, 0) is 29.6 Å². The number of nitrogens with zero attached hydrogens (tertiary/aromatic N) is 1. The largest absolute Gasteiger partial charge is 0.325 e. The molecule has 0 bridgehead atoms. The lowest BCUT2D eigenvalue weighted by Gasteiger charge is -2.08. The van der Waals surface area contributed by atoms with Crippen molar-refractivity contribution in [2.45, 2.75) is 6.92 Å². The highest BCUT2D eigenvalue weighted by Crippen LogP contribution is 2.28. The van der Waals surface area contributed by atoms with Crippen LogP contribution in [-0.2, 0) is 4.79 Å². The summed E-state index contributed by atoms with van der Waals surface area (Å²) in [7, 11) is 0. The number of carbonyl (C=O) groups is 2. The highest BCUT2D eigenvalue weighted by atomic mass is 35.5. The van der Waals surface area contributed by atoms with Crippen molar-refractivity contribution in [1.82, 2.24) is 4.98 Å². The minimum absolute atomic E-state index is 0.211. The molecular formula is C16H12ClN3O2S2. The lowest BCUT2D eigenvalue weighted by Crippen LogP contribution is -2.12. The molecule has 3 rings (SSSR count). The number of anilines is 2. The van der Waals surface area contributed by atoms with Gasteiger partial charge in [0.1, 0.15) is 10.7 Å². The number of hydrogen-bond donors (Lipinski definition) is 2. The van der Waals surface area contributed by atoms with E-state index in [2.05, 4.69) is 15.6 Å². The molecule has 24 heavy (non-hydrogen) atoms.